The summed E-state index contributed by atoms with van der Waals surface area (Å²) in [6, 6.07) is 3.98. The second-order valence-corrected chi connectivity index (χ2v) is 3.92. The Morgan fingerprint density at radius 3 is 2.25 bits per heavy atom. The molecule has 1 aromatic rings. The summed E-state index contributed by atoms with van der Waals surface area (Å²) >= 11 is 6.91. The smallest absolute Gasteiger partial charge is 0.0331 e. The third kappa shape index (κ3) is 1.70. The standard InChI is InChI=1S/C10H8Br2/c1-3-7-5-6-9(11)8(4-2)10(7)12/h3-6H,1-2H2. The van der Waals surface area contributed by atoms with E-state index in [9.17, 15) is 0 Å². The van der Waals surface area contributed by atoms with Crippen molar-refractivity contribution in [3.63, 3.8) is 0 Å². The number of hydrogen-bond acceptors (Lipinski definition) is 0. The molecule has 0 bridgehead atoms. The SMILES string of the molecule is C=Cc1ccc(Br)c(C=C)c1Br. The molecule has 0 aromatic heterocycles. The highest BCUT2D eigenvalue weighted by atomic mass is 79.9. The fraction of sp³-hybridized carbons (Fsp3) is 0. The molecule has 0 aliphatic carbocycles. The van der Waals surface area contributed by atoms with Crippen molar-refractivity contribution >= 4 is 44.0 Å². The molecule has 1 rings (SSSR count). The zero-order valence-corrected chi connectivity index (χ0v) is 9.65. The molecular formula is C10H8Br2. The van der Waals surface area contributed by atoms with Crippen molar-refractivity contribution in [3.05, 3.63) is 45.4 Å². The van der Waals surface area contributed by atoms with Crippen LogP contribution in [-0.2, 0) is 0 Å². The zero-order chi connectivity index (χ0) is 9.14. The monoisotopic (exact) mass is 286 g/mol. The van der Waals surface area contributed by atoms with Crippen molar-refractivity contribution in [2.45, 2.75) is 0 Å². The molecule has 62 valence electrons. The Morgan fingerprint density at radius 2 is 1.75 bits per heavy atom. The van der Waals surface area contributed by atoms with Gasteiger partial charge in [0.2, 0.25) is 0 Å². The molecule has 1 aromatic carbocycles. The Morgan fingerprint density at radius 1 is 1.08 bits per heavy atom. The lowest BCUT2D eigenvalue weighted by Crippen LogP contribution is -1.82. The maximum absolute atomic E-state index is 3.73. The van der Waals surface area contributed by atoms with Crippen LogP contribution in [0.2, 0.25) is 0 Å². The molecule has 0 spiro atoms. The Balaban J connectivity index is 3.43. The minimum atomic E-state index is 1.03. The predicted molar refractivity (Wildman–Crippen MR) is 62.0 cm³/mol. The lowest BCUT2D eigenvalue weighted by Gasteiger charge is -2.04. The van der Waals surface area contributed by atoms with E-state index >= 15 is 0 Å². The fourth-order valence-corrected chi connectivity index (χ4v) is 2.36. The summed E-state index contributed by atoms with van der Waals surface area (Å²) in [4.78, 5) is 0. The fourth-order valence-electron chi connectivity index (χ4n) is 0.931. The Kier molecular flexibility index (Phi) is 3.29. The molecule has 0 amide bonds. The summed E-state index contributed by atoms with van der Waals surface area (Å²) in [6.45, 7) is 7.45. The first-order chi connectivity index (χ1) is 5.70. The van der Waals surface area contributed by atoms with Crippen molar-refractivity contribution in [2.75, 3.05) is 0 Å². The van der Waals surface area contributed by atoms with Gasteiger partial charge >= 0.3 is 0 Å². The number of halogens is 2. The molecule has 0 atom stereocenters. The molecule has 12 heavy (non-hydrogen) atoms. The first-order valence-electron chi connectivity index (χ1n) is 3.43. The van der Waals surface area contributed by atoms with Crippen LogP contribution in [-0.4, -0.2) is 0 Å². The number of hydrogen-bond donors (Lipinski definition) is 0. The Bertz CT molecular complexity index is 327. The maximum atomic E-state index is 3.73. The van der Waals surface area contributed by atoms with Crippen molar-refractivity contribution in [1.29, 1.82) is 0 Å². The normalized spacial score (nSPS) is 9.50. The van der Waals surface area contributed by atoms with Gasteiger partial charge < -0.3 is 0 Å². The minimum Gasteiger partial charge on any atom is -0.0984 e. The molecule has 0 unspecified atom stereocenters. The molecular weight excluding hydrogens is 280 g/mol. The van der Waals surface area contributed by atoms with E-state index < -0.39 is 0 Å². The maximum Gasteiger partial charge on any atom is 0.0331 e. The second-order valence-electron chi connectivity index (χ2n) is 2.27. The summed E-state index contributed by atoms with van der Waals surface area (Å²) in [5, 5.41) is 0. The largest absolute Gasteiger partial charge is 0.0984 e. The highest BCUT2D eigenvalue weighted by Gasteiger charge is 2.03. The molecule has 0 fully saturated rings. The lowest BCUT2D eigenvalue weighted by atomic mass is 10.1. The van der Waals surface area contributed by atoms with Gasteiger partial charge in [-0.25, -0.2) is 0 Å². The zero-order valence-electron chi connectivity index (χ0n) is 6.48. The predicted octanol–water partition coefficient (Wildman–Crippen LogP) is 4.50. The Labute approximate surface area is 89.2 Å². The highest BCUT2D eigenvalue weighted by molar-refractivity contribution is 9.11. The van der Waals surface area contributed by atoms with Gasteiger partial charge in [0.05, 0.1) is 0 Å². The number of benzene rings is 1. The van der Waals surface area contributed by atoms with Gasteiger partial charge in [0.25, 0.3) is 0 Å². The van der Waals surface area contributed by atoms with Gasteiger partial charge in [0.15, 0.2) is 0 Å². The van der Waals surface area contributed by atoms with Crippen molar-refractivity contribution in [2.24, 2.45) is 0 Å². The van der Waals surface area contributed by atoms with Gasteiger partial charge in [-0.3, -0.25) is 0 Å². The van der Waals surface area contributed by atoms with Crippen LogP contribution in [0, 0.1) is 0 Å². The first-order valence-corrected chi connectivity index (χ1v) is 5.02. The van der Waals surface area contributed by atoms with Gasteiger partial charge in [-0.1, -0.05) is 47.3 Å². The van der Waals surface area contributed by atoms with Crippen LogP contribution >= 0.6 is 31.9 Å². The van der Waals surface area contributed by atoms with E-state index in [0.29, 0.717) is 0 Å². The van der Waals surface area contributed by atoms with Crippen molar-refractivity contribution in [1.82, 2.24) is 0 Å². The molecule has 0 radical (unpaired) electrons. The van der Waals surface area contributed by atoms with E-state index in [4.69, 9.17) is 0 Å². The van der Waals surface area contributed by atoms with Gasteiger partial charge in [0.1, 0.15) is 0 Å². The van der Waals surface area contributed by atoms with E-state index in [-0.39, 0.29) is 0 Å². The Hall–Kier alpha value is -0.340. The van der Waals surface area contributed by atoms with Crippen LogP contribution in [0.25, 0.3) is 12.2 Å². The molecule has 0 saturated carbocycles. The molecule has 2 heteroatoms. The summed E-state index contributed by atoms with van der Waals surface area (Å²) < 4.78 is 2.07. The van der Waals surface area contributed by atoms with E-state index in [2.05, 4.69) is 45.0 Å². The van der Waals surface area contributed by atoms with Crippen molar-refractivity contribution < 1.29 is 0 Å². The van der Waals surface area contributed by atoms with E-state index in [1.165, 1.54) is 0 Å². The van der Waals surface area contributed by atoms with Crippen LogP contribution in [0.15, 0.2) is 34.2 Å². The minimum absolute atomic E-state index is 1.03. The van der Waals surface area contributed by atoms with E-state index in [1.807, 2.05) is 18.2 Å². The molecule has 0 nitrogen and oxygen atoms in total. The summed E-state index contributed by atoms with van der Waals surface area (Å²) in [6.07, 6.45) is 3.62. The molecule has 0 heterocycles. The topological polar surface area (TPSA) is 0 Å². The van der Waals surface area contributed by atoms with Crippen LogP contribution in [0.5, 0.6) is 0 Å². The van der Waals surface area contributed by atoms with Crippen molar-refractivity contribution in [3.8, 4) is 0 Å². The quantitative estimate of drug-likeness (QED) is 0.751. The van der Waals surface area contributed by atoms with Crippen LogP contribution in [0.1, 0.15) is 11.1 Å². The average molecular weight is 288 g/mol. The van der Waals surface area contributed by atoms with E-state index in [0.717, 1.165) is 20.1 Å². The first kappa shape index (κ1) is 9.75. The summed E-state index contributed by atoms with van der Waals surface area (Å²) in [5.74, 6) is 0. The van der Waals surface area contributed by atoms with Gasteiger partial charge in [-0.05, 0) is 27.6 Å². The second kappa shape index (κ2) is 4.06. The van der Waals surface area contributed by atoms with Crippen LogP contribution in [0.3, 0.4) is 0 Å². The summed E-state index contributed by atoms with van der Waals surface area (Å²) in [5.41, 5.74) is 2.14. The van der Waals surface area contributed by atoms with Crippen LogP contribution < -0.4 is 0 Å². The highest BCUT2D eigenvalue weighted by Crippen LogP contribution is 2.30. The third-order valence-corrected chi connectivity index (χ3v) is 3.16. The molecule has 0 saturated heterocycles. The average Bonchev–Trinajstić information content (AvgIpc) is 2.06. The molecule has 0 N–H and O–H groups in total. The summed E-state index contributed by atoms with van der Waals surface area (Å²) in [7, 11) is 0. The third-order valence-electron chi connectivity index (χ3n) is 1.58. The van der Waals surface area contributed by atoms with Crippen LogP contribution in [0.4, 0.5) is 0 Å². The molecule has 0 aliphatic heterocycles. The van der Waals surface area contributed by atoms with Gasteiger partial charge in [-0.15, -0.1) is 0 Å². The molecule has 0 aliphatic rings. The van der Waals surface area contributed by atoms with Gasteiger partial charge in [0, 0.05) is 14.5 Å². The number of rotatable bonds is 2. The van der Waals surface area contributed by atoms with Gasteiger partial charge in [-0.2, -0.15) is 0 Å². The van der Waals surface area contributed by atoms with E-state index in [1.54, 1.807) is 6.08 Å². The lowest BCUT2D eigenvalue weighted by molar-refractivity contribution is 1.52.